The maximum absolute atomic E-state index is 5.73. The predicted octanol–water partition coefficient (Wildman–Crippen LogP) is 4.69. The molecule has 0 saturated heterocycles. The Bertz CT molecular complexity index is 998. The number of hydrogen-bond donors (Lipinski definition) is 2. The molecule has 4 heterocycles. The third-order valence-electron chi connectivity index (χ3n) is 3.20. The van der Waals surface area contributed by atoms with Crippen LogP contribution in [0.1, 0.15) is 19.1 Å². The highest BCUT2D eigenvalue weighted by Crippen LogP contribution is 2.16. The molecule has 7 nitrogen and oxygen atoms in total. The number of H-pyrrole nitrogens is 2. The van der Waals surface area contributed by atoms with Gasteiger partial charge in [-0.25, -0.2) is 19.9 Å². The van der Waals surface area contributed by atoms with Gasteiger partial charge in [0.25, 0.3) is 0 Å². The molecule has 0 unspecified atom stereocenters. The quantitative estimate of drug-likeness (QED) is 0.473. The molecule has 0 aliphatic rings. The van der Waals surface area contributed by atoms with Crippen molar-refractivity contribution in [2.45, 2.75) is 19.2 Å². The standard InChI is InChI=1S/C8H8ClN3O.C7H5Cl2N3.CH4/c1-13-5-2-6-8(10-4-5)12-7(3-9)11-6;8-2-6-11-5-1-4(9)3-10-7(5)12-6;/h2,4H,3H2,1H3,(H,10,11,12);1,3H,2H2,(H,10,11,12);1H4. The summed E-state index contributed by atoms with van der Waals surface area (Å²) in [7, 11) is 1.60. The fraction of sp³-hybridized carbons (Fsp3) is 0.250. The molecule has 4 aromatic heterocycles. The third-order valence-corrected chi connectivity index (χ3v) is 3.92. The molecule has 4 aromatic rings. The molecular formula is C16H17Cl3N6O. The minimum Gasteiger partial charge on any atom is -0.495 e. The van der Waals surface area contributed by atoms with E-state index < -0.39 is 0 Å². The van der Waals surface area contributed by atoms with Crippen LogP contribution < -0.4 is 4.74 Å². The van der Waals surface area contributed by atoms with Gasteiger partial charge in [-0.3, -0.25) is 0 Å². The fourth-order valence-electron chi connectivity index (χ4n) is 2.09. The Morgan fingerprint density at radius 3 is 2.00 bits per heavy atom. The van der Waals surface area contributed by atoms with Gasteiger partial charge in [0.1, 0.15) is 17.4 Å². The van der Waals surface area contributed by atoms with E-state index in [4.69, 9.17) is 39.5 Å². The lowest BCUT2D eigenvalue weighted by atomic mass is 10.4. The van der Waals surface area contributed by atoms with Crippen LogP contribution in [0.3, 0.4) is 0 Å². The number of nitrogens with zero attached hydrogens (tertiary/aromatic N) is 4. The number of aromatic nitrogens is 6. The number of aromatic amines is 2. The zero-order valence-corrected chi connectivity index (χ0v) is 15.3. The summed E-state index contributed by atoms with van der Waals surface area (Å²) >= 11 is 16.9. The Labute approximate surface area is 165 Å². The van der Waals surface area contributed by atoms with Gasteiger partial charge in [-0.05, 0) is 6.07 Å². The number of imidazole rings is 2. The number of fused-ring (bicyclic) bond motifs is 2. The van der Waals surface area contributed by atoms with Crippen molar-refractivity contribution in [2.75, 3.05) is 7.11 Å². The van der Waals surface area contributed by atoms with Gasteiger partial charge in [-0.15, -0.1) is 23.2 Å². The number of methoxy groups -OCH3 is 1. The highest BCUT2D eigenvalue weighted by atomic mass is 35.5. The van der Waals surface area contributed by atoms with Gasteiger partial charge in [0, 0.05) is 12.3 Å². The summed E-state index contributed by atoms with van der Waals surface area (Å²) in [5.74, 6) is 2.85. The molecule has 138 valence electrons. The molecular weight excluding hydrogens is 399 g/mol. The second-order valence-corrected chi connectivity index (χ2v) is 5.88. The zero-order valence-electron chi connectivity index (χ0n) is 13.1. The van der Waals surface area contributed by atoms with Crippen molar-refractivity contribution in [3.63, 3.8) is 0 Å². The maximum atomic E-state index is 5.73. The number of hydrogen-bond acceptors (Lipinski definition) is 5. The summed E-state index contributed by atoms with van der Waals surface area (Å²) in [4.78, 5) is 22.4. The van der Waals surface area contributed by atoms with Crippen LogP contribution in [0.4, 0.5) is 0 Å². The van der Waals surface area contributed by atoms with Crippen LogP contribution in [0, 0.1) is 0 Å². The van der Waals surface area contributed by atoms with Gasteiger partial charge in [0.05, 0.1) is 41.1 Å². The first-order valence-electron chi connectivity index (χ1n) is 7.13. The van der Waals surface area contributed by atoms with Crippen molar-refractivity contribution in [1.29, 1.82) is 0 Å². The van der Waals surface area contributed by atoms with E-state index in [1.807, 2.05) is 6.07 Å². The number of alkyl halides is 2. The van der Waals surface area contributed by atoms with Crippen molar-refractivity contribution >= 4 is 57.1 Å². The Balaban J connectivity index is 0.000000180. The van der Waals surface area contributed by atoms with Crippen molar-refractivity contribution < 1.29 is 4.74 Å². The Hall–Kier alpha value is -2.09. The monoisotopic (exact) mass is 414 g/mol. The lowest BCUT2D eigenvalue weighted by molar-refractivity contribution is 0.413. The molecule has 10 heteroatoms. The Kier molecular flexibility index (Phi) is 7.02. The second kappa shape index (κ2) is 9.02. The Morgan fingerprint density at radius 2 is 1.46 bits per heavy atom. The number of halogens is 3. The molecule has 0 radical (unpaired) electrons. The van der Waals surface area contributed by atoms with Gasteiger partial charge in [-0.2, -0.15) is 0 Å². The molecule has 0 spiro atoms. The fourth-order valence-corrected chi connectivity index (χ4v) is 2.50. The van der Waals surface area contributed by atoms with Gasteiger partial charge >= 0.3 is 0 Å². The first-order chi connectivity index (χ1) is 12.1. The second-order valence-electron chi connectivity index (χ2n) is 4.91. The minimum absolute atomic E-state index is 0. The Morgan fingerprint density at radius 1 is 0.923 bits per heavy atom. The molecule has 0 aliphatic heterocycles. The minimum atomic E-state index is 0. The number of ether oxygens (including phenoxy) is 1. The number of rotatable bonds is 3. The lowest BCUT2D eigenvalue weighted by Crippen LogP contribution is -1.84. The summed E-state index contributed by atoms with van der Waals surface area (Å²) in [6, 6.07) is 3.61. The molecule has 0 amide bonds. The summed E-state index contributed by atoms with van der Waals surface area (Å²) in [5, 5.41) is 0.590. The van der Waals surface area contributed by atoms with Gasteiger partial charge in [0.2, 0.25) is 0 Å². The van der Waals surface area contributed by atoms with E-state index in [1.165, 1.54) is 0 Å². The van der Waals surface area contributed by atoms with Crippen LogP contribution in [0.15, 0.2) is 24.5 Å². The molecule has 4 rings (SSSR count). The molecule has 0 aliphatic carbocycles. The van der Waals surface area contributed by atoms with Crippen molar-refractivity contribution in [1.82, 2.24) is 29.9 Å². The van der Waals surface area contributed by atoms with E-state index in [0.29, 0.717) is 39.7 Å². The summed E-state index contributed by atoms with van der Waals surface area (Å²) in [5.41, 5.74) is 2.97. The molecule has 0 bridgehead atoms. The SMILES string of the molecule is C.COc1cnc2nc(CCl)[nH]c2c1.ClCc1nc2ncc(Cl)cc2[nH]1. The average Bonchev–Trinajstić information content (AvgIpc) is 3.24. The first kappa shape index (κ1) is 20.2. The normalized spacial score (nSPS) is 10.3. The highest BCUT2D eigenvalue weighted by molar-refractivity contribution is 6.31. The molecule has 2 N–H and O–H groups in total. The smallest absolute Gasteiger partial charge is 0.177 e. The average molecular weight is 416 g/mol. The van der Waals surface area contributed by atoms with E-state index in [1.54, 1.807) is 25.6 Å². The van der Waals surface area contributed by atoms with Crippen LogP contribution in [0.2, 0.25) is 5.02 Å². The zero-order chi connectivity index (χ0) is 17.8. The number of pyridine rings is 2. The maximum Gasteiger partial charge on any atom is 0.177 e. The topological polar surface area (TPSA) is 92.4 Å². The molecule has 26 heavy (non-hydrogen) atoms. The van der Waals surface area contributed by atoms with Crippen molar-refractivity contribution in [3.05, 3.63) is 41.2 Å². The van der Waals surface area contributed by atoms with Crippen LogP contribution >= 0.6 is 34.8 Å². The van der Waals surface area contributed by atoms with Crippen LogP contribution in [-0.4, -0.2) is 37.0 Å². The van der Waals surface area contributed by atoms with Gasteiger partial charge in [0.15, 0.2) is 11.3 Å². The molecule has 0 atom stereocenters. The summed E-state index contributed by atoms with van der Waals surface area (Å²) in [6.07, 6.45) is 3.18. The van der Waals surface area contributed by atoms with Gasteiger partial charge < -0.3 is 14.7 Å². The summed E-state index contributed by atoms with van der Waals surface area (Å²) < 4.78 is 5.02. The van der Waals surface area contributed by atoms with Crippen molar-refractivity contribution in [2.24, 2.45) is 0 Å². The third kappa shape index (κ3) is 4.55. The van der Waals surface area contributed by atoms with E-state index in [-0.39, 0.29) is 7.43 Å². The van der Waals surface area contributed by atoms with Crippen LogP contribution in [0.25, 0.3) is 22.3 Å². The van der Waals surface area contributed by atoms with E-state index in [9.17, 15) is 0 Å². The van der Waals surface area contributed by atoms with E-state index in [0.717, 1.165) is 16.9 Å². The first-order valence-corrected chi connectivity index (χ1v) is 8.58. The largest absolute Gasteiger partial charge is 0.495 e. The number of nitrogens with one attached hydrogen (secondary N) is 2. The van der Waals surface area contributed by atoms with Crippen LogP contribution in [-0.2, 0) is 11.8 Å². The van der Waals surface area contributed by atoms with E-state index >= 15 is 0 Å². The summed E-state index contributed by atoms with van der Waals surface area (Å²) in [6.45, 7) is 0. The van der Waals surface area contributed by atoms with Crippen molar-refractivity contribution in [3.8, 4) is 5.75 Å². The predicted molar refractivity (Wildman–Crippen MR) is 105 cm³/mol. The van der Waals surface area contributed by atoms with Crippen LogP contribution in [0.5, 0.6) is 5.75 Å². The molecule has 0 fully saturated rings. The van der Waals surface area contributed by atoms with E-state index in [2.05, 4.69) is 29.9 Å². The molecule has 0 aromatic carbocycles. The lowest BCUT2D eigenvalue weighted by Gasteiger charge is -1.95. The molecule has 0 saturated carbocycles. The van der Waals surface area contributed by atoms with Gasteiger partial charge in [-0.1, -0.05) is 19.0 Å². The highest BCUT2D eigenvalue weighted by Gasteiger charge is 2.04.